The second-order valence-electron chi connectivity index (χ2n) is 11.4. The van der Waals surface area contributed by atoms with Gasteiger partial charge in [-0.3, -0.25) is 14.6 Å². The summed E-state index contributed by atoms with van der Waals surface area (Å²) in [5, 5.41) is 10.3. The van der Waals surface area contributed by atoms with Gasteiger partial charge in [0.1, 0.15) is 11.4 Å². The summed E-state index contributed by atoms with van der Waals surface area (Å²) in [6.07, 6.45) is 11.6. The number of nitrogens with zero attached hydrogens (tertiary/aromatic N) is 2. The fourth-order valence-electron chi connectivity index (χ4n) is 6.14. The Balaban J connectivity index is 1.04. The molecule has 0 radical (unpaired) electrons. The number of unbranched alkanes of at least 4 members (excludes halogenated alkanes) is 1. The molecule has 5 rings (SSSR count). The number of aromatic nitrogens is 1. The number of hydrogen-bond acceptors (Lipinski definition) is 6. The molecule has 2 heterocycles. The van der Waals surface area contributed by atoms with Crippen molar-refractivity contribution in [2.45, 2.75) is 57.3 Å². The average Bonchev–Trinajstić information content (AvgIpc) is 3.03. The molecule has 2 aliphatic rings. The number of ether oxygens (including phenoxy) is 1. The molecule has 42 heavy (non-hydrogen) atoms. The first-order valence-electron chi connectivity index (χ1n) is 15.1. The van der Waals surface area contributed by atoms with Crippen LogP contribution in [-0.4, -0.2) is 60.7 Å². The molecule has 0 bridgehead atoms. The maximum atomic E-state index is 12.6. The first-order chi connectivity index (χ1) is 20.5. The lowest BCUT2D eigenvalue weighted by Crippen LogP contribution is -2.34. The summed E-state index contributed by atoms with van der Waals surface area (Å²) in [6.45, 7) is 3.63. The monoisotopic (exact) mass is 567 g/mol. The molecule has 4 N–H and O–H groups in total. The third-order valence-electron chi connectivity index (χ3n) is 8.49. The topological polar surface area (TPSA) is 121 Å². The number of benzene rings is 2. The number of rotatable bonds is 12. The number of fused-ring (bicyclic) bond motifs is 1. The Labute approximate surface area is 248 Å². The fourth-order valence-corrected chi connectivity index (χ4v) is 6.14. The van der Waals surface area contributed by atoms with E-state index >= 15 is 0 Å². The van der Waals surface area contributed by atoms with Crippen LogP contribution in [0.3, 0.4) is 0 Å². The summed E-state index contributed by atoms with van der Waals surface area (Å²) >= 11 is 0. The van der Waals surface area contributed by atoms with Crippen LogP contribution in [0.2, 0.25) is 0 Å². The Morgan fingerprint density at radius 2 is 1.76 bits per heavy atom. The first-order valence-corrected chi connectivity index (χ1v) is 15.1. The van der Waals surface area contributed by atoms with Gasteiger partial charge in [-0.15, -0.1) is 0 Å². The van der Waals surface area contributed by atoms with Crippen molar-refractivity contribution in [1.29, 1.82) is 5.41 Å². The minimum Gasteiger partial charge on any atom is -0.483 e. The van der Waals surface area contributed by atoms with E-state index in [1.165, 1.54) is 29.3 Å². The van der Waals surface area contributed by atoms with Gasteiger partial charge in [-0.05, 0) is 111 Å². The van der Waals surface area contributed by atoms with E-state index in [1.807, 2.05) is 30.3 Å². The number of pyridine rings is 1. The molecule has 3 aromatic rings. The van der Waals surface area contributed by atoms with Crippen molar-refractivity contribution in [2.24, 2.45) is 5.73 Å². The highest BCUT2D eigenvalue weighted by Crippen LogP contribution is 2.40. The highest BCUT2D eigenvalue weighted by atomic mass is 16.5. The van der Waals surface area contributed by atoms with E-state index < -0.39 is 5.91 Å². The van der Waals surface area contributed by atoms with Crippen LogP contribution in [0.5, 0.6) is 5.75 Å². The molecule has 2 amide bonds. The molecule has 8 heteroatoms. The number of aryl methyl sites for hydroxylation is 1. The normalized spacial score (nSPS) is 15.5. The molecular weight excluding hydrogens is 526 g/mol. The predicted molar refractivity (Wildman–Crippen MR) is 165 cm³/mol. The third kappa shape index (κ3) is 7.42. The van der Waals surface area contributed by atoms with Crippen molar-refractivity contribution in [3.63, 3.8) is 0 Å². The van der Waals surface area contributed by atoms with Crippen molar-refractivity contribution in [3.8, 4) is 16.9 Å². The maximum absolute atomic E-state index is 12.6. The van der Waals surface area contributed by atoms with Crippen LogP contribution in [0.4, 0.5) is 0 Å². The van der Waals surface area contributed by atoms with Crippen molar-refractivity contribution >= 4 is 18.0 Å². The molecule has 1 aromatic heterocycles. The van der Waals surface area contributed by atoms with E-state index in [1.54, 1.807) is 12.3 Å². The molecule has 0 unspecified atom stereocenters. The molecule has 220 valence electrons. The summed E-state index contributed by atoms with van der Waals surface area (Å²) in [4.78, 5) is 30.9. The molecule has 1 saturated heterocycles. The SMILES string of the molecule is N=Cc1ccc(-c2ccc(C(=O)NCCCCN3CCC(c4ccc5c(c4OCC(N)=O)CCCC5)CC3)nc2)cc1. The summed E-state index contributed by atoms with van der Waals surface area (Å²) in [5.74, 6) is 0.760. The first kappa shape index (κ1) is 29.5. The lowest BCUT2D eigenvalue weighted by molar-refractivity contribution is -0.120. The van der Waals surface area contributed by atoms with Crippen molar-refractivity contribution in [3.05, 3.63) is 82.7 Å². The Morgan fingerprint density at radius 3 is 2.48 bits per heavy atom. The largest absolute Gasteiger partial charge is 0.483 e. The van der Waals surface area contributed by atoms with Crippen molar-refractivity contribution in [1.82, 2.24) is 15.2 Å². The maximum Gasteiger partial charge on any atom is 0.269 e. The second kappa shape index (κ2) is 14.2. The fraction of sp³-hybridized carbons (Fsp3) is 0.412. The van der Waals surface area contributed by atoms with Gasteiger partial charge in [-0.2, -0.15) is 0 Å². The van der Waals surface area contributed by atoms with E-state index in [4.69, 9.17) is 15.9 Å². The molecule has 0 spiro atoms. The minimum atomic E-state index is -0.433. The highest BCUT2D eigenvalue weighted by Gasteiger charge is 2.26. The number of carbonyl (C=O) groups is 2. The Kier molecular flexibility index (Phi) is 9.98. The number of hydrogen-bond donors (Lipinski definition) is 3. The number of nitrogens with one attached hydrogen (secondary N) is 2. The summed E-state index contributed by atoms with van der Waals surface area (Å²) in [7, 11) is 0. The molecule has 1 aliphatic carbocycles. The number of piperidine rings is 1. The van der Waals surface area contributed by atoms with Crippen LogP contribution < -0.4 is 15.8 Å². The van der Waals surface area contributed by atoms with Gasteiger partial charge in [0.05, 0.1) is 0 Å². The number of amides is 2. The van der Waals surface area contributed by atoms with Crippen molar-refractivity contribution < 1.29 is 14.3 Å². The molecule has 2 aromatic carbocycles. The lowest BCUT2D eigenvalue weighted by Gasteiger charge is -2.34. The number of primary amides is 1. The van der Waals surface area contributed by atoms with Crippen molar-refractivity contribution in [2.75, 3.05) is 32.8 Å². The predicted octanol–water partition coefficient (Wildman–Crippen LogP) is 4.88. The summed E-state index contributed by atoms with van der Waals surface area (Å²) in [5.41, 5.74) is 12.5. The number of carbonyl (C=O) groups excluding carboxylic acids is 2. The summed E-state index contributed by atoms with van der Waals surface area (Å²) < 4.78 is 6.02. The zero-order valence-electron chi connectivity index (χ0n) is 24.2. The lowest BCUT2D eigenvalue weighted by atomic mass is 9.83. The van der Waals surface area contributed by atoms with E-state index in [9.17, 15) is 9.59 Å². The smallest absolute Gasteiger partial charge is 0.269 e. The standard InChI is InChI=1S/C34H41N5O3/c35-21-24-7-9-25(10-8-24)28-12-14-31(38-22-28)34(41)37-17-3-4-18-39-19-15-27(16-20-39)30-13-11-26-5-1-2-6-29(26)33(30)42-23-32(36)40/h7-14,21-22,27,35H,1-6,15-20,23H2,(H2,36,40)(H,37,41). The van der Waals surface area contributed by atoms with Crippen LogP contribution in [0.15, 0.2) is 54.7 Å². The average molecular weight is 568 g/mol. The summed E-state index contributed by atoms with van der Waals surface area (Å²) in [6, 6.07) is 15.8. The van der Waals surface area contributed by atoms with E-state index in [2.05, 4.69) is 27.3 Å². The van der Waals surface area contributed by atoms with Gasteiger partial charge in [0, 0.05) is 24.5 Å². The third-order valence-corrected chi connectivity index (χ3v) is 8.49. The Hall–Kier alpha value is -4.04. The van der Waals surface area contributed by atoms with Crippen LogP contribution >= 0.6 is 0 Å². The highest BCUT2D eigenvalue weighted by molar-refractivity contribution is 5.92. The van der Waals surface area contributed by atoms with Crippen LogP contribution in [0.1, 0.15) is 77.2 Å². The van der Waals surface area contributed by atoms with Gasteiger partial charge in [-0.25, -0.2) is 0 Å². The van der Waals surface area contributed by atoms with Gasteiger partial charge in [0.2, 0.25) is 0 Å². The minimum absolute atomic E-state index is 0.0679. The molecule has 8 nitrogen and oxygen atoms in total. The second-order valence-corrected chi connectivity index (χ2v) is 11.4. The molecule has 1 aliphatic heterocycles. The molecule has 1 fully saturated rings. The Bertz CT molecular complexity index is 1380. The zero-order chi connectivity index (χ0) is 29.3. The number of nitrogens with two attached hydrogens (primary N) is 1. The van der Waals surface area contributed by atoms with Crippen LogP contribution in [0.25, 0.3) is 11.1 Å². The van der Waals surface area contributed by atoms with Gasteiger partial charge in [0.25, 0.3) is 11.8 Å². The van der Waals surface area contributed by atoms with Gasteiger partial charge >= 0.3 is 0 Å². The zero-order valence-corrected chi connectivity index (χ0v) is 24.2. The molecule has 0 saturated carbocycles. The van der Waals surface area contributed by atoms with E-state index in [0.717, 1.165) is 87.0 Å². The van der Waals surface area contributed by atoms with Gasteiger partial charge in [-0.1, -0.05) is 42.5 Å². The quantitative estimate of drug-likeness (QED) is 0.213. The van der Waals surface area contributed by atoms with Gasteiger partial charge in [0.15, 0.2) is 6.61 Å². The Morgan fingerprint density at radius 1 is 1.00 bits per heavy atom. The van der Waals surface area contributed by atoms with Gasteiger partial charge < -0.3 is 26.1 Å². The molecule has 0 atom stereocenters. The van der Waals surface area contributed by atoms with E-state index in [-0.39, 0.29) is 12.5 Å². The van der Waals surface area contributed by atoms with Crippen LogP contribution in [0, 0.1) is 5.41 Å². The molecular formula is C34H41N5O3. The van der Waals surface area contributed by atoms with Crippen LogP contribution in [-0.2, 0) is 17.6 Å². The van der Waals surface area contributed by atoms with E-state index in [0.29, 0.717) is 18.2 Å². The number of likely N-dealkylation sites (tertiary alicyclic amines) is 1.